The van der Waals surface area contributed by atoms with E-state index in [0.717, 1.165) is 11.3 Å². The first kappa shape index (κ1) is 13.1. The van der Waals surface area contributed by atoms with Crippen LogP contribution >= 0.6 is 0 Å². The fourth-order valence-corrected chi connectivity index (χ4v) is 2.47. The van der Waals surface area contributed by atoms with Crippen molar-refractivity contribution in [1.29, 1.82) is 5.26 Å². The Labute approximate surface area is 123 Å². The van der Waals surface area contributed by atoms with Gasteiger partial charge in [0, 0.05) is 12.3 Å². The van der Waals surface area contributed by atoms with E-state index in [2.05, 4.69) is 28.4 Å². The van der Waals surface area contributed by atoms with Gasteiger partial charge in [0.1, 0.15) is 5.84 Å². The summed E-state index contributed by atoms with van der Waals surface area (Å²) in [6.07, 6.45) is 0.656. The summed E-state index contributed by atoms with van der Waals surface area (Å²) in [5, 5.41) is 17.2. The highest BCUT2D eigenvalue weighted by Crippen LogP contribution is 2.28. The molecule has 0 bridgehead atoms. The molecule has 2 aromatic carbocycles. The van der Waals surface area contributed by atoms with Crippen molar-refractivity contribution in [2.45, 2.75) is 12.3 Å². The van der Waals surface area contributed by atoms with Gasteiger partial charge < -0.3 is 5.73 Å². The molecule has 3 rings (SSSR count). The van der Waals surface area contributed by atoms with E-state index in [1.165, 1.54) is 5.56 Å². The molecule has 1 heterocycles. The quantitative estimate of drug-likeness (QED) is 0.914. The van der Waals surface area contributed by atoms with Crippen molar-refractivity contribution in [3.63, 3.8) is 0 Å². The van der Waals surface area contributed by atoms with E-state index >= 15 is 0 Å². The van der Waals surface area contributed by atoms with E-state index in [1.807, 2.05) is 30.3 Å². The molecule has 0 fully saturated rings. The van der Waals surface area contributed by atoms with Gasteiger partial charge in [0.2, 0.25) is 0 Å². The molecular formula is C17H14N4. The lowest BCUT2D eigenvalue weighted by Crippen LogP contribution is -2.25. The van der Waals surface area contributed by atoms with Gasteiger partial charge in [0.25, 0.3) is 0 Å². The summed E-state index contributed by atoms with van der Waals surface area (Å²) in [6, 6.07) is 19.7. The van der Waals surface area contributed by atoms with Gasteiger partial charge >= 0.3 is 0 Å². The lowest BCUT2D eigenvalue weighted by molar-refractivity contribution is 0.887. The van der Waals surface area contributed by atoms with E-state index in [1.54, 1.807) is 12.1 Å². The van der Waals surface area contributed by atoms with Crippen molar-refractivity contribution in [3.8, 4) is 6.07 Å². The highest BCUT2D eigenvalue weighted by atomic mass is 15.2. The number of benzene rings is 2. The SMILES string of the molecule is N#Cc1ccc(C2=NN=C(N)CC2c2ccccc2)cc1. The first-order valence-electron chi connectivity index (χ1n) is 6.73. The minimum atomic E-state index is 0.0941. The Bertz CT molecular complexity index is 737. The lowest BCUT2D eigenvalue weighted by atomic mass is 9.86. The summed E-state index contributed by atoms with van der Waals surface area (Å²) in [7, 11) is 0. The molecule has 0 aliphatic carbocycles. The minimum absolute atomic E-state index is 0.0941. The maximum absolute atomic E-state index is 8.88. The smallest absolute Gasteiger partial charge is 0.123 e. The first-order valence-corrected chi connectivity index (χ1v) is 6.73. The molecular weight excluding hydrogens is 260 g/mol. The van der Waals surface area contributed by atoms with Crippen LogP contribution in [0.25, 0.3) is 0 Å². The zero-order valence-electron chi connectivity index (χ0n) is 11.4. The second-order valence-electron chi connectivity index (χ2n) is 4.93. The average Bonchev–Trinajstić information content (AvgIpc) is 2.56. The van der Waals surface area contributed by atoms with Crippen LogP contribution in [0.4, 0.5) is 0 Å². The molecule has 1 aliphatic rings. The van der Waals surface area contributed by atoms with Gasteiger partial charge in [-0.15, -0.1) is 5.10 Å². The standard InChI is InChI=1S/C17H14N4/c18-11-12-6-8-14(9-7-12)17-15(10-16(19)20-21-17)13-4-2-1-3-5-13/h1-9,15H,10H2,(H2,19,20). The highest BCUT2D eigenvalue weighted by Gasteiger charge is 2.24. The fourth-order valence-electron chi connectivity index (χ4n) is 2.47. The van der Waals surface area contributed by atoms with Crippen LogP contribution in [0.5, 0.6) is 0 Å². The van der Waals surface area contributed by atoms with Crippen LogP contribution in [0.1, 0.15) is 29.0 Å². The van der Waals surface area contributed by atoms with E-state index in [-0.39, 0.29) is 5.92 Å². The van der Waals surface area contributed by atoms with Crippen LogP contribution in [-0.2, 0) is 0 Å². The Morgan fingerprint density at radius 1 is 1.00 bits per heavy atom. The monoisotopic (exact) mass is 274 g/mol. The predicted molar refractivity (Wildman–Crippen MR) is 83.1 cm³/mol. The number of hydrogen-bond acceptors (Lipinski definition) is 4. The summed E-state index contributed by atoms with van der Waals surface area (Å²) in [5.41, 5.74) is 9.51. The Morgan fingerprint density at radius 2 is 1.71 bits per heavy atom. The summed E-state index contributed by atoms with van der Waals surface area (Å²) in [6.45, 7) is 0. The van der Waals surface area contributed by atoms with Crippen molar-refractivity contribution >= 4 is 11.5 Å². The van der Waals surface area contributed by atoms with Crippen molar-refractivity contribution in [2.24, 2.45) is 15.9 Å². The first-order chi connectivity index (χ1) is 10.3. The summed E-state index contributed by atoms with van der Waals surface area (Å²) < 4.78 is 0. The van der Waals surface area contributed by atoms with Gasteiger partial charge in [-0.3, -0.25) is 0 Å². The second-order valence-corrected chi connectivity index (χ2v) is 4.93. The summed E-state index contributed by atoms with van der Waals surface area (Å²) in [5.74, 6) is 0.637. The Hall–Kier alpha value is -2.93. The minimum Gasteiger partial charge on any atom is -0.386 e. The molecule has 2 aromatic rings. The third-order valence-electron chi connectivity index (χ3n) is 3.54. The third-order valence-corrected chi connectivity index (χ3v) is 3.54. The molecule has 2 N–H and O–H groups in total. The van der Waals surface area contributed by atoms with Gasteiger partial charge in [-0.05, 0) is 23.3 Å². The summed E-state index contributed by atoms with van der Waals surface area (Å²) >= 11 is 0. The number of nitrogens with zero attached hydrogens (tertiary/aromatic N) is 3. The molecule has 102 valence electrons. The summed E-state index contributed by atoms with van der Waals surface area (Å²) in [4.78, 5) is 0. The van der Waals surface area contributed by atoms with Crippen LogP contribution in [0.2, 0.25) is 0 Å². The Kier molecular flexibility index (Phi) is 3.48. The van der Waals surface area contributed by atoms with E-state index in [9.17, 15) is 0 Å². The van der Waals surface area contributed by atoms with Gasteiger partial charge in [-0.25, -0.2) is 0 Å². The molecule has 0 radical (unpaired) electrons. The number of nitrogens with two attached hydrogens (primary N) is 1. The van der Waals surface area contributed by atoms with Crippen LogP contribution < -0.4 is 5.73 Å². The number of hydrogen-bond donors (Lipinski definition) is 1. The normalized spacial score (nSPS) is 17.6. The van der Waals surface area contributed by atoms with Gasteiger partial charge in [-0.2, -0.15) is 10.4 Å². The molecule has 4 heteroatoms. The molecule has 0 saturated heterocycles. The molecule has 0 spiro atoms. The largest absolute Gasteiger partial charge is 0.386 e. The van der Waals surface area contributed by atoms with Crippen LogP contribution in [0.15, 0.2) is 64.8 Å². The second kappa shape index (κ2) is 5.59. The molecule has 1 unspecified atom stereocenters. The fraction of sp³-hybridized carbons (Fsp3) is 0.118. The van der Waals surface area contributed by atoms with Crippen LogP contribution in [0.3, 0.4) is 0 Å². The van der Waals surface area contributed by atoms with Gasteiger partial charge in [0.15, 0.2) is 0 Å². The van der Waals surface area contributed by atoms with Crippen LogP contribution in [-0.4, -0.2) is 11.5 Å². The van der Waals surface area contributed by atoms with Crippen LogP contribution in [0, 0.1) is 11.3 Å². The zero-order chi connectivity index (χ0) is 14.7. The van der Waals surface area contributed by atoms with E-state index in [0.29, 0.717) is 17.8 Å². The topological polar surface area (TPSA) is 74.5 Å². The van der Waals surface area contributed by atoms with E-state index in [4.69, 9.17) is 11.0 Å². The third kappa shape index (κ3) is 2.67. The van der Waals surface area contributed by atoms with Crippen molar-refractivity contribution in [3.05, 3.63) is 71.3 Å². The molecule has 4 nitrogen and oxygen atoms in total. The molecule has 0 aromatic heterocycles. The predicted octanol–water partition coefficient (Wildman–Crippen LogP) is 2.81. The lowest BCUT2D eigenvalue weighted by Gasteiger charge is -2.22. The molecule has 1 aliphatic heterocycles. The Morgan fingerprint density at radius 3 is 2.38 bits per heavy atom. The van der Waals surface area contributed by atoms with E-state index < -0.39 is 0 Å². The van der Waals surface area contributed by atoms with Crippen molar-refractivity contribution < 1.29 is 0 Å². The molecule has 21 heavy (non-hydrogen) atoms. The van der Waals surface area contributed by atoms with Crippen molar-refractivity contribution in [2.75, 3.05) is 0 Å². The van der Waals surface area contributed by atoms with Gasteiger partial charge in [-0.1, -0.05) is 42.5 Å². The Balaban J connectivity index is 2.02. The zero-order valence-corrected chi connectivity index (χ0v) is 11.4. The maximum Gasteiger partial charge on any atom is 0.123 e. The average molecular weight is 274 g/mol. The number of rotatable bonds is 2. The highest BCUT2D eigenvalue weighted by molar-refractivity contribution is 6.08. The maximum atomic E-state index is 8.88. The molecule has 1 atom stereocenters. The molecule has 0 saturated carbocycles. The molecule has 0 amide bonds. The van der Waals surface area contributed by atoms with Gasteiger partial charge in [0.05, 0.1) is 17.3 Å². The number of amidine groups is 1. The number of nitriles is 1. The van der Waals surface area contributed by atoms with Crippen molar-refractivity contribution in [1.82, 2.24) is 0 Å².